The minimum Gasteiger partial charge on any atom is -0.494 e. The number of benzene rings is 2. The Labute approximate surface area is 203 Å². The molecule has 1 amide bonds. The van der Waals surface area contributed by atoms with E-state index in [1.165, 1.54) is 17.0 Å². The number of rotatable bonds is 7. The Hall–Kier alpha value is -3.17. The molecule has 0 aliphatic heterocycles. The molecule has 0 bridgehead atoms. The molecular weight excluding hydrogens is 473 g/mol. The molecule has 2 aromatic carbocycles. The lowest BCUT2D eigenvalue weighted by Crippen LogP contribution is -2.23. The molecule has 0 saturated carbocycles. The minimum atomic E-state index is -0.500. The van der Waals surface area contributed by atoms with E-state index in [0.717, 1.165) is 36.6 Å². The largest absolute Gasteiger partial charge is 0.494 e. The second-order valence-corrected chi connectivity index (χ2v) is 9.84. The molecule has 0 radical (unpaired) electrons. The molecular formula is C25H22FN3O3S2. The summed E-state index contributed by atoms with van der Waals surface area (Å²) in [5.41, 5.74) is 1.74. The van der Waals surface area contributed by atoms with Gasteiger partial charge in [-0.05, 0) is 68.1 Å². The Kier molecular flexibility index (Phi) is 6.38. The normalized spacial score (nSPS) is 12.6. The fraction of sp³-hybridized carbons (Fsp3) is 0.240. The molecule has 0 unspecified atom stereocenters. The topological polar surface area (TPSA) is 73.2 Å². The molecule has 0 saturated heterocycles. The number of nitrogens with one attached hydrogen (secondary N) is 1. The van der Waals surface area contributed by atoms with Crippen molar-refractivity contribution in [3.8, 4) is 11.4 Å². The number of aryl methyl sites for hydroxylation is 2. The fourth-order valence-corrected chi connectivity index (χ4v) is 6.20. The van der Waals surface area contributed by atoms with Crippen LogP contribution in [0.3, 0.4) is 0 Å². The van der Waals surface area contributed by atoms with Crippen LogP contribution in [0.2, 0.25) is 0 Å². The van der Waals surface area contributed by atoms with Crippen molar-refractivity contribution < 1.29 is 13.9 Å². The lowest BCUT2D eigenvalue weighted by Gasteiger charge is -2.13. The van der Waals surface area contributed by atoms with Gasteiger partial charge in [0.1, 0.15) is 16.4 Å². The highest BCUT2D eigenvalue weighted by molar-refractivity contribution is 7.99. The highest BCUT2D eigenvalue weighted by Crippen LogP contribution is 2.36. The van der Waals surface area contributed by atoms with E-state index < -0.39 is 5.82 Å². The molecule has 0 atom stereocenters. The number of nitrogens with zero attached hydrogens (tertiary/aromatic N) is 2. The van der Waals surface area contributed by atoms with Crippen LogP contribution in [-0.2, 0) is 17.6 Å². The van der Waals surface area contributed by atoms with Crippen molar-refractivity contribution in [2.45, 2.75) is 31.3 Å². The van der Waals surface area contributed by atoms with E-state index in [1.807, 2.05) is 31.2 Å². The molecule has 0 fully saturated rings. The number of thiophene rings is 1. The maximum Gasteiger partial charge on any atom is 0.267 e. The van der Waals surface area contributed by atoms with Crippen molar-refractivity contribution in [1.82, 2.24) is 9.55 Å². The van der Waals surface area contributed by atoms with E-state index in [1.54, 1.807) is 28.0 Å². The predicted octanol–water partition coefficient (Wildman–Crippen LogP) is 5.20. The van der Waals surface area contributed by atoms with Gasteiger partial charge >= 0.3 is 0 Å². The van der Waals surface area contributed by atoms with Crippen LogP contribution in [0.1, 0.15) is 23.8 Å². The van der Waals surface area contributed by atoms with E-state index in [-0.39, 0.29) is 22.9 Å². The van der Waals surface area contributed by atoms with E-state index in [0.29, 0.717) is 33.4 Å². The minimum absolute atomic E-state index is 0.0194. The highest BCUT2D eigenvalue weighted by atomic mass is 32.2. The molecule has 5 rings (SSSR count). The SMILES string of the molecule is CCOc1ccc(-n2c(SCC(=O)Nc3ccccc3F)nc3sc4c(c3c2=O)CCC4)cc1. The quantitative estimate of drug-likeness (QED) is 0.282. The predicted molar refractivity (Wildman–Crippen MR) is 134 cm³/mol. The van der Waals surface area contributed by atoms with Gasteiger partial charge in [-0.15, -0.1) is 11.3 Å². The van der Waals surface area contributed by atoms with Crippen molar-refractivity contribution in [1.29, 1.82) is 0 Å². The summed E-state index contributed by atoms with van der Waals surface area (Å²) in [6.07, 6.45) is 2.89. The van der Waals surface area contributed by atoms with Gasteiger partial charge in [0.05, 0.1) is 29.1 Å². The molecule has 4 aromatic rings. The number of para-hydroxylation sites is 1. The summed E-state index contributed by atoms with van der Waals surface area (Å²) in [4.78, 5) is 32.9. The maximum atomic E-state index is 13.9. The van der Waals surface area contributed by atoms with Gasteiger partial charge in [0.15, 0.2) is 5.16 Å². The number of carbonyl (C=O) groups is 1. The third-order valence-electron chi connectivity index (χ3n) is 5.59. The van der Waals surface area contributed by atoms with Crippen molar-refractivity contribution in [2.24, 2.45) is 0 Å². The third kappa shape index (κ3) is 4.33. The number of amides is 1. The number of hydrogen-bond donors (Lipinski definition) is 1. The Morgan fingerprint density at radius 1 is 1.21 bits per heavy atom. The first kappa shape index (κ1) is 22.6. The van der Waals surface area contributed by atoms with Crippen LogP contribution in [0, 0.1) is 5.82 Å². The first-order valence-electron chi connectivity index (χ1n) is 11.0. The van der Waals surface area contributed by atoms with Gasteiger partial charge in [-0.3, -0.25) is 14.2 Å². The van der Waals surface area contributed by atoms with Crippen molar-refractivity contribution in [2.75, 3.05) is 17.7 Å². The number of fused-ring (bicyclic) bond motifs is 3. The monoisotopic (exact) mass is 495 g/mol. The molecule has 174 valence electrons. The molecule has 1 N–H and O–H groups in total. The van der Waals surface area contributed by atoms with Crippen molar-refractivity contribution in [3.63, 3.8) is 0 Å². The van der Waals surface area contributed by atoms with Crippen LogP contribution in [0.15, 0.2) is 58.5 Å². The highest BCUT2D eigenvalue weighted by Gasteiger charge is 2.24. The van der Waals surface area contributed by atoms with E-state index in [4.69, 9.17) is 9.72 Å². The zero-order chi connectivity index (χ0) is 23.7. The summed E-state index contributed by atoms with van der Waals surface area (Å²) in [5, 5.41) is 3.67. The molecule has 2 heterocycles. The van der Waals surface area contributed by atoms with Crippen LogP contribution in [0.4, 0.5) is 10.1 Å². The molecule has 1 aliphatic rings. The number of thioether (sulfide) groups is 1. The average molecular weight is 496 g/mol. The number of halogens is 1. The zero-order valence-corrected chi connectivity index (χ0v) is 20.1. The smallest absolute Gasteiger partial charge is 0.267 e. The molecule has 34 heavy (non-hydrogen) atoms. The van der Waals surface area contributed by atoms with Gasteiger partial charge in [0, 0.05) is 4.88 Å². The first-order chi connectivity index (χ1) is 16.5. The van der Waals surface area contributed by atoms with Gasteiger partial charge in [0.2, 0.25) is 5.91 Å². The maximum absolute atomic E-state index is 13.9. The Bertz CT molecular complexity index is 1430. The van der Waals surface area contributed by atoms with Crippen LogP contribution >= 0.6 is 23.1 Å². The van der Waals surface area contributed by atoms with E-state index >= 15 is 0 Å². The lowest BCUT2D eigenvalue weighted by molar-refractivity contribution is -0.113. The Morgan fingerprint density at radius 2 is 2.00 bits per heavy atom. The summed E-state index contributed by atoms with van der Waals surface area (Å²) in [7, 11) is 0. The number of hydrogen-bond acceptors (Lipinski definition) is 6. The Morgan fingerprint density at radius 3 is 2.76 bits per heavy atom. The number of carbonyl (C=O) groups excluding carboxylic acids is 1. The van der Waals surface area contributed by atoms with Crippen LogP contribution < -0.4 is 15.6 Å². The average Bonchev–Trinajstić information content (AvgIpc) is 3.41. The van der Waals surface area contributed by atoms with Gasteiger partial charge < -0.3 is 10.1 Å². The zero-order valence-electron chi connectivity index (χ0n) is 18.5. The lowest BCUT2D eigenvalue weighted by atomic mass is 10.2. The van der Waals surface area contributed by atoms with Crippen molar-refractivity contribution >= 4 is 44.9 Å². The molecule has 6 nitrogen and oxygen atoms in total. The van der Waals surface area contributed by atoms with Gasteiger partial charge in [0.25, 0.3) is 5.56 Å². The van der Waals surface area contributed by atoms with E-state index in [9.17, 15) is 14.0 Å². The molecule has 0 spiro atoms. The van der Waals surface area contributed by atoms with Gasteiger partial charge in [-0.2, -0.15) is 0 Å². The summed E-state index contributed by atoms with van der Waals surface area (Å²) >= 11 is 2.71. The first-order valence-corrected chi connectivity index (χ1v) is 12.8. The van der Waals surface area contributed by atoms with Gasteiger partial charge in [-0.1, -0.05) is 23.9 Å². The van der Waals surface area contributed by atoms with Crippen LogP contribution in [0.25, 0.3) is 15.9 Å². The second kappa shape index (κ2) is 9.60. The third-order valence-corrected chi connectivity index (χ3v) is 7.72. The summed E-state index contributed by atoms with van der Waals surface area (Å²) in [6.45, 7) is 2.46. The summed E-state index contributed by atoms with van der Waals surface area (Å²) in [6, 6.07) is 13.3. The fourth-order valence-electron chi connectivity index (χ4n) is 4.09. The standard InChI is InChI=1S/C25H22FN3O3S2/c1-2-32-16-12-10-15(11-13-16)29-24(31)22-17-6-5-9-20(17)34-23(22)28-25(29)33-14-21(30)27-19-8-4-3-7-18(19)26/h3-4,7-8,10-13H,2,5-6,9,14H2,1H3,(H,27,30). The second-order valence-electron chi connectivity index (χ2n) is 7.82. The summed E-state index contributed by atoms with van der Waals surface area (Å²) in [5.74, 6) is -0.187. The van der Waals surface area contributed by atoms with Crippen LogP contribution in [0.5, 0.6) is 5.75 Å². The number of anilines is 1. The Balaban J connectivity index is 1.51. The molecule has 9 heteroatoms. The number of ether oxygens (including phenoxy) is 1. The number of aromatic nitrogens is 2. The molecule has 1 aliphatic carbocycles. The van der Waals surface area contributed by atoms with E-state index in [2.05, 4.69) is 5.32 Å². The van der Waals surface area contributed by atoms with Crippen molar-refractivity contribution in [3.05, 3.63) is 75.1 Å². The molecule has 2 aromatic heterocycles. The van der Waals surface area contributed by atoms with Gasteiger partial charge in [-0.25, -0.2) is 9.37 Å². The van der Waals surface area contributed by atoms with Crippen LogP contribution in [-0.4, -0.2) is 27.8 Å². The summed E-state index contributed by atoms with van der Waals surface area (Å²) < 4.78 is 21.0.